The van der Waals surface area contributed by atoms with Gasteiger partial charge < -0.3 is 14.9 Å². The number of aliphatic hydroxyl groups is 1. The van der Waals surface area contributed by atoms with Crippen molar-refractivity contribution >= 4 is 23.3 Å². The minimum atomic E-state index is -1.32. The van der Waals surface area contributed by atoms with Gasteiger partial charge in [0.05, 0.1) is 11.6 Å². The third-order valence-electron chi connectivity index (χ3n) is 4.30. The summed E-state index contributed by atoms with van der Waals surface area (Å²) in [5.74, 6) is 0.503. The molecule has 1 atom stereocenters. The fourth-order valence-electron chi connectivity index (χ4n) is 3.22. The van der Waals surface area contributed by atoms with Gasteiger partial charge in [-0.05, 0) is 37.8 Å². The maximum Gasteiger partial charge on any atom is 0.256 e. The molecule has 2 aliphatic heterocycles. The van der Waals surface area contributed by atoms with E-state index < -0.39 is 5.60 Å². The molecule has 0 saturated carbocycles. The zero-order valence-electron chi connectivity index (χ0n) is 12.0. The molecule has 1 amide bonds. The number of likely N-dealkylation sites (tertiary alicyclic amines) is 1. The van der Waals surface area contributed by atoms with Crippen molar-refractivity contribution < 1.29 is 9.90 Å². The predicted octanol–water partition coefficient (Wildman–Crippen LogP) is 1.69. The van der Waals surface area contributed by atoms with E-state index in [1.165, 1.54) is 0 Å². The monoisotopic (exact) mass is 309 g/mol. The first-order valence-electron chi connectivity index (χ1n) is 7.47. The van der Waals surface area contributed by atoms with Crippen molar-refractivity contribution in [1.82, 2.24) is 9.88 Å². The van der Waals surface area contributed by atoms with Crippen molar-refractivity contribution in [3.8, 4) is 0 Å². The average Bonchev–Trinajstić information content (AvgIpc) is 3.01. The first kappa shape index (κ1) is 14.6. The van der Waals surface area contributed by atoms with Crippen LogP contribution in [0.25, 0.3) is 0 Å². The molecule has 0 bridgehead atoms. The number of anilines is 1. The standard InChI is InChI=1S/C15H20ClN3O2/c16-12-5-3-7-17-13(12)19-10-4-6-15(21,11-19)14(20)18-8-1-2-9-18/h3,5,7,21H,1-2,4,6,8-11H2/t15-/m0/s1. The highest BCUT2D eigenvalue weighted by molar-refractivity contribution is 6.32. The normalized spacial score (nSPS) is 26.2. The second kappa shape index (κ2) is 5.81. The first-order valence-corrected chi connectivity index (χ1v) is 7.85. The van der Waals surface area contributed by atoms with Crippen molar-refractivity contribution in [2.75, 3.05) is 31.1 Å². The highest BCUT2D eigenvalue weighted by atomic mass is 35.5. The molecule has 1 N–H and O–H groups in total. The van der Waals surface area contributed by atoms with Crippen molar-refractivity contribution in [2.24, 2.45) is 0 Å². The van der Waals surface area contributed by atoms with E-state index in [-0.39, 0.29) is 12.5 Å². The molecule has 6 heteroatoms. The number of halogens is 1. The molecule has 1 aromatic rings. The van der Waals surface area contributed by atoms with Crippen LogP contribution < -0.4 is 4.90 Å². The van der Waals surface area contributed by atoms with Gasteiger partial charge in [0, 0.05) is 25.8 Å². The number of rotatable bonds is 2. The van der Waals surface area contributed by atoms with Crippen LogP contribution in [0.3, 0.4) is 0 Å². The Bertz CT molecular complexity index is 533. The SMILES string of the molecule is O=C(N1CCCC1)[C@]1(O)CCCN(c2ncccc2Cl)C1. The van der Waals surface area contributed by atoms with E-state index in [2.05, 4.69) is 4.98 Å². The van der Waals surface area contributed by atoms with Crippen LogP contribution in [0.2, 0.25) is 5.02 Å². The summed E-state index contributed by atoms with van der Waals surface area (Å²) in [6, 6.07) is 3.55. The summed E-state index contributed by atoms with van der Waals surface area (Å²) in [4.78, 5) is 20.6. The van der Waals surface area contributed by atoms with Crippen LogP contribution in [-0.4, -0.2) is 52.7 Å². The Balaban J connectivity index is 1.78. The summed E-state index contributed by atoms with van der Waals surface area (Å²) < 4.78 is 0. The quantitative estimate of drug-likeness (QED) is 0.903. The number of hydrogen-bond donors (Lipinski definition) is 1. The minimum Gasteiger partial charge on any atom is -0.378 e. The molecular weight excluding hydrogens is 290 g/mol. The highest BCUT2D eigenvalue weighted by Gasteiger charge is 2.43. The van der Waals surface area contributed by atoms with E-state index in [0.29, 0.717) is 17.3 Å². The highest BCUT2D eigenvalue weighted by Crippen LogP contribution is 2.31. The van der Waals surface area contributed by atoms with E-state index in [9.17, 15) is 9.90 Å². The molecule has 5 nitrogen and oxygen atoms in total. The molecule has 0 radical (unpaired) electrons. The molecule has 1 aromatic heterocycles. The molecule has 3 heterocycles. The van der Waals surface area contributed by atoms with Crippen molar-refractivity contribution in [1.29, 1.82) is 0 Å². The Hall–Kier alpha value is -1.33. The molecule has 3 rings (SSSR count). The van der Waals surface area contributed by atoms with Gasteiger partial charge in [-0.15, -0.1) is 0 Å². The molecular formula is C15H20ClN3O2. The molecule has 2 aliphatic rings. The van der Waals surface area contributed by atoms with E-state index in [4.69, 9.17) is 11.6 Å². The van der Waals surface area contributed by atoms with Crippen molar-refractivity contribution in [3.05, 3.63) is 23.4 Å². The third-order valence-corrected chi connectivity index (χ3v) is 4.60. The maximum absolute atomic E-state index is 12.6. The lowest BCUT2D eigenvalue weighted by molar-refractivity contribution is -0.151. The van der Waals surface area contributed by atoms with Gasteiger partial charge in [-0.1, -0.05) is 11.6 Å². The van der Waals surface area contributed by atoms with Gasteiger partial charge in [0.2, 0.25) is 0 Å². The Morgan fingerprint density at radius 2 is 2.05 bits per heavy atom. The first-order chi connectivity index (χ1) is 10.1. The summed E-state index contributed by atoms with van der Waals surface area (Å²) >= 11 is 6.18. The molecule has 0 aromatic carbocycles. The minimum absolute atomic E-state index is 0.142. The fourth-order valence-corrected chi connectivity index (χ4v) is 3.46. The van der Waals surface area contributed by atoms with Gasteiger partial charge in [-0.2, -0.15) is 0 Å². The van der Waals surface area contributed by atoms with Gasteiger partial charge in [-0.25, -0.2) is 4.98 Å². The summed E-state index contributed by atoms with van der Waals surface area (Å²) in [7, 11) is 0. The predicted molar refractivity (Wildman–Crippen MR) is 81.5 cm³/mol. The summed E-state index contributed by atoms with van der Waals surface area (Å²) in [6.07, 6.45) is 4.98. The van der Waals surface area contributed by atoms with Crippen molar-refractivity contribution in [2.45, 2.75) is 31.3 Å². The van der Waals surface area contributed by atoms with Gasteiger partial charge in [-0.3, -0.25) is 4.79 Å². The Morgan fingerprint density at radius 3 is 2.76 bits per heavy atom. The Morgan fingerprint density at radius 1 is 1.29 bits per heavy atom. The summed E-state index contributed by atoms with van der Waals surface area (Å²) in [6.45, 7) is 2.53. The maximum atomic E-state index is 12.6. The summed E-state index contributed by atoms with van der Waals surface area (Å²) in [5.41, 5.74) is -1.32. The van der Waals surface area contributed by atoms with E-state index in [0.717, 1.165) is 38.9 Å². The lowest BCUT2D eigenvalue weighted by Crippen LogP contribution is -2.58. The molecule has 2 fully saturated rings. The van der Waals surface area contributed by atoms with E-state index in [1.54, 1.807) is 23.2 Å². The smallest absolute Gasteiger partial charge is 0.256 e. The van der Waals surface area contributed by atoms with Crippen LogP contribution >= 0.6 is 11.6 Å². The lowest BCUT2D eigenvalue weighted by atomic mass is 9.91. The molecule has 2 saturated heterocycles. The van der Waals surface area contributed by atoms with Gasteiger partial charge >= 0.3 is 0 Å². The Labute approximate surface area is 129 Å². The van der Waals surface area contributed by atoms with Crippen LogP contribution in [-0.2, 0) is 4.79 Å². The number of pyridine rings is 1. The number of β-amino-alcohol motifs (C(OH)–C–C–N with tert-alkyl or cyclic N) is 1. The zero-order chi connectivity index (χ0) is 14.9. The lowest BCUT2D eigenvalue weighted by Gasteiger charge is -2.40. The van der Waals surface area contributed by atoms with E-state index >= 15 is 0 Å². The molecule has 0 unspecified atom stereocenters. The molecule has 21 heavy (non-hydrogen) atoms. The van der Waals surface area contributed by atoms with Crippen LogP contribution in [0, 0.1) is 0 Å². The third kappa shape index (κ3) is 2.85. The zero-order valence-corrected chi connectivity index (χ0v) is 12.7. The van der Waals surface area contributed by atoms with Crippen LogP contribution in [0.4, 0.5) is 5.82 Å². The largest absolute Gasteiger partial charge is 0.378 e. The van der Waals surface area contributed by atoms with Crippen LogP contribution in [0.1, 0.15) is 25.7 Å². The second-order valence-corrected chi connectivity index (χ2v) is 6.27. The van der Waals surface area contributed by atoms with Gasteiger partial charge in [0.15, 0.2) is 5.60 Å². The number of carbonyl (C=O) groups excluding carboxylic acids is 1. The molecule has 0 spiro atoms. The average molecular weight is 310 g/mol. The molecule has 0 aliphatic carbocycles. The van der Waals surface area contributed by atoms with Crippen molar-refractivity contribution in [3.63, 3.8) is 0 Å². The number of nitrogens with zero attached hydrogens (tertiary/aromatic N) is 3. The fraction of sp³-hybridized carbons (Fsp3) is 0.600. The number of hydrogen-bond acceptors (Lipinski definition) is 4. The summed E-state index contributed by atoms with van der Waals surface area (Å²) in [5, 5.41) is 11.4. The second-order valence-electron chi connectivity index (χ2n) is 5.86. The van der Waals surface area contributed by atoms with Gasteiger partial charge in [0.1, 0.15) is 5.82 Å². The van der Waals surface area contributed by atoms with E-state index in [1.807, 2.05) is 4.90 Å². The van der Waals surface area contributed by atoms with Crippen LogP contribution in [0.15, 0.2) is 18.3 Å². The molecule has 114 valence electrons. The number of piperidine rings is 1. The number of amides is 1. The van der Waals surface area contributed by atoms with Crippen LogP contribution in [0.5, 0.6) is 0 Å². The van der Waals surface area contributed by atoms with Gasteiger partial charge in [0.25, 0.3) is 5.91 Å². The topological polar surface area (TPSA) is 56.7 Å². The number of carbonyl (C=O) groups is 1. The number of aromatic nitrogens is 1. The Kier molecular flexibility index (Phi) is 4.04.